The van der Waals surface area contributed by atoms with Gasteiger partial charge < -0.3 is 15.2 Å². The van der Waals surface area contributed by atoms with Crippen molar-refractivity contribution in [1.29, 1.82) is 0 Å². The van der Waals surface area contributed by atoms with Gasteiger partial charge in [-0.05, 0) is 69.7 Å². The van der Waals surface area contributed by atoms with E-state index in [0.29, 0.717) is 12.3 Å². The van der Waals surface area contributed by atoms with Crippen LogP contribution in [0.25, 0.3) is 0 Å². The molecule has 0 aliphatic heterocycles. The summed E-state index contributed by atoms with van der Waals surface area (Å²) >= 11 is 0. The predicted molar refractivity (Wildman–Crippen MR) is 95.4 cm³/mol. The molecule has 5 heteroatoms. The summed E-state index contributed by atoms with van der Waals surface area (Å²) in [6, 6.07) is 7.17. The molecule has 0 spiro atoms. The fourth-order valence-electron chi connectivity index (χ4n) is 4.63. The average Bonchev–Trinajstić information content (AvgIpc) is 3.13. The van der Waals surface area contributed by atoms with Crippen molar-refractivity contribution in [2.24, 2.45) is 23.7 Å². The van der Waals surface area contributed by atoms with E-state index in [4.69, 9.17) is 4.74 Å². The van der Waals surface area contributed by atoms with E-state index in [2.05, 4.69) is 5.32 Å². The molecule has 2 aliphatic rings. The Hall–Kier alpha value is -2.30. The van der Waals surface area contributed by atoms with Crippen LogP contribution in [0.1, 0.15) is 33.6 Å². The van der Waals surface area contributed by atoms with Crippen LogP contribution in [0.4, 0.5) is 5.69 Å². The Balaban J connectivity index is 1.81. The van der Waals surface area contributed by atoms with Crippen LogP contribution >= 0.6 is 0 Å². The van der Waals surface area contributed by atoms with Gasteiger partial charge in [0.05, 0.1) is 18.4 Å². The lowest BCUT2D eigenvalue weighted by molar-refractivity contribution is -0.148. The minimum atomic E-state index is -0.863. The SMILES string of the molecule is CCOc1ccc(NC(=O)[C@@H]2[C@H](C(=O)O)[C@H]3CC[C@H]2C3=C(C)C)cc1. The molecule has 2 bridgehead atoms. The van der Waals surface area contributed by atoms with Crippen LogP contribution in [0, 0.1) is 23.7 Å². The molecule has 25 heavy (non-hydrogen) atoms. The average molecular weight is 343 g/mol. The molecule has 1 aromatic rings. The normalized spacial score (nSPS) is 27.2. The number of ether oxygens (including phenoxy) is 1. The van der Waals surface area contributed by atoms with Gasteiger partial charge in [0.1, 0.15) is 5.75 Å². The van der Waals surface area contributed by atoms with Crippen LogP contribution in [-0.2, 0) is 9.59 Å². The highest BCUT2D eigenvalue weighted by atomic mass is 16.5. The molecule has 2 N–H and O–H groups in total. The second kappa shape index (κ2) is 6.90. The van der Waals surface area contributed by atoms with Gasteiger partial charge in [0.25, 0.3) is 0 Å². The van der Waals surface area contributed by atoms with Gasteiger partial charge >= 0.3 is 5.97 Å². The Morgan fingerprint density at radius 1 is 1.12 bits per heavy atom. The van der Waals surface area contributed by atoms with Gasteiger partial charge in [-0.25, -0.2) is 0 Å². The lowest BCUT2D eigenvalue weighted by atomic mass is 9.78. The van der Waals surface area contributed by atoms with Crippen molar-refractivity contribution in [1.82, 2.24) is 0 Å². The van der Waals surface area contributed by atoms with Crippen molar-refractivity contribution in [2.75, 3.05) is 11.9 Å². The molecule has 2 fully saturated rings. The maximum Gasteiger partial charge on any atom is 0.307 e. The first kappa shape index (κ1) is 17.5. The number of benzene rings is 1. The highest BCUT2D eigenvalue weighted by Crippen LogP contribution is 2.57. The monoisotopic (exact) mass is 343 g/mol. The van der Waals surface area contributed by atoms with Gasteiger partial charge in [-0.2, -0.15) is 0 Å². The third-order valence-corrected chi connectivity index (χ3v) is 5.44. The minimum Gasteiger partial charge on any atom is -0.494 e. The number of hydrogen-bond acceptors (Lipinski definition) is 3. The van der Waals surface area contributed by atoms with Gasteiger partial charge in [-0.15, -0.1) is 0 Å². The van der Waals surface area contributed by atoms with Crippen LogP contribution in [0.15, 0.2) is 35.4 Å². The third-order valence-electron chi connectivity index (χ3n) is 5.44. The zero-order valence-corrected chi connectivity index (χ0v) is 14.9. The third kappa shape index (κ3) is 3.15. The molecule has 4 atom stereocenters. The van der Waals surface area contributed by atoms with E-state index in [9.17, 15) is 14.7 Å². The highest BCUT2D eigenvalue weighted by Gasteiger charge is 2.57. The summed E-state index contributed by atoms with van der Waals surface area (Å²) in [5, 5.41) is 12.6. The van der Waals surface area contributed by atoms with E-state index in [1.807, 2.05) is 20.8 Å². The number of allylic oxidation sites excluding steroid dienone is 2. The number of nitrogens with one attached hydrogen (secondary N) is 1. The number of anilines is 1. The molecule has 0 heterocycles. The van der Waals surface area contributed by atoms with E-state index >= 15 is 0 Å². The first-order valence-corrected chi connectivity index (χ1v) is 8.87. The predicted octanol–water partition coefficient (Wildman–Crippen LogP) is 3.72. The van der Waals surface area contributed by atoms with Crippen molar-refractivity contribution in [2.45, 2.75) is 33.6 Å². The summed E-state index contributed by atoms with van der Waals surface area (Å²) in [7, 11) is 0. The van der Waals surface area contributed by atoms with Crippen molar-refractivity contribution in [3.8, 4) is 5.75 Å². The van der Waals surface area contributed by atoms with Crippen LogP contribution in [-0.4, -0.2) is 23.6 Å². The van der Waals surface area contributed by atoms with Gasteiger partial charge in [0.15, 0.2) is 0 Å². The Bertz CT molecular complexity index is 703. The van der Waals surface area contributed by atoms with E-state index in [0.717, 1.165) is 24.2 Å². The molecule has 0 saturated heterocycles. The maximum absolute atomic E-state index is 12.9. The number of carboxylic acid groups (broad SMARTS) is 1. The van der Waals surface area contributed by atoms with Crippen molar-refractivity contribution in [3.63, 3.8) is 0 Å². The van der Waals surface area contributed by atoms with Gasteiger partial charge in [0.2, 0.25) is 5.91 Å². The molecule has 2 saturated carbocycles. The number of carbonyl (C=O) groups excluding carboxylic acids is 1. The largest absolute Gasteiger partial charge is 0.494 e. The van der Waals surface area contributed by atoms with E-state index in [1.165, 1.54) is 5.57 Å². The van der Waals surface area contributed by atoms with Crippen LogP contribution in [0.2, 0.25) is 0 Å². The molecule has 1 amide bonds. The van der Waals surface area contributed by atoms with Crippen LogP contribution in [0.5, 0.6) is 5.75 Å². The molecule has 134 valence electrons. The Labute approximate surface area is 148 Å². The number of amides is 1. The fraction of sp³-hybridized carbons (Fsp3) is 0.500. The molecule has 2 aliphatic carbocycles. The summed E-state index contributed by atoms with van der Waals surface area (Å²) < 4.78 is 5.40. The Morgan fingerprint density at radius 3 is 2.24 bits per heavy atom. The van der Waals surface area contributed by atoms with E-state index in [1.54, 1.807) is 24.3 Å². The van der Waals surface area contributed by atoms with Crippen molar-refractivity contribution < 1.29 is 19.4 Å². The second-order valence-electron chi connectivity index (χ2n) is 7.08. The maximum atomic E-state index is 12.9. The topological polar surface area (TPSA) is 75.6 Å². The quantitative estimate of drug-likeness (QED) is 0.799. The number of carboxylic acids is 1. The van der Waals surface area contributed by atoms with E-state index < -0.39 is 17.8 Å². The minimum absolute atomic E-state index is 0.00331. The number of carbonyl (C=O) groups is 2. The first-order valence-electron chi connectivity index (χ1n) is 8.87. The standard InChI is InChI=1S/C20H25NO4/c1-4-25-13-7-5-12(6-8-13)21-19(22)17-14-9-10-15(16(14)11(2)3)18(17)20(23)24/h5-8,14-15,17-18H,4,9-10H2,1-3H3,(H,21,22)(H,23,24)/t14-,15-,17-,18+/m0/s1. The summed E-state index contributed by atoms with van der Waals surface area (Å²) in [6.45, 7) is 6.54. The molecular formula is C20H25NO4. The second-order valence-corrected chi connectivity index (χ2v) is 7.08. The lowest BCUT2D eigenvalue weighted by Crippen LogP contribution is -2.37. The molecule has 3 rings (SSSR count). The van der Waals surface area contributed by atoms with Gasteiger partial charge in [0, 0.05) is 5.69 Å². The van der Waals surface area contributed by atoms with E-state index in [-0.39, 0.29) is 17.7 Å². The summed E-state index contributed by atoms with van der Waals surface area (Å²) in [5.74, 6) is -1.36. The molecule has 0 radical (unpaired) electrons. The smallest absolute Gasteiger partial charge is 0.307 e. The number of fused-ring (bicyclic) bond motifs is 2. The number of hydrogen-bond donors (Lipinski definition) is 2. The summed E-state index contributed by atoms with van der Waals surface area (Å²) in [4.78, 5) is 24.7. The summed E-state index contributed by atoms with van der Waals surface area (Å²) in [5.41, 5.74) is 3.02. The van der Waals surface area contributed by atoms with Crippen LogP contribution in [0.3, 0.4) is 0 Å². The zero-order chi connectivity index (χ0) is 18.1. The summed E-state index contributed by atoms with van der Waals surface area (Å²) in [6.07, 6.45) is 1.77. The zero-order valence-electron chi connectivity index (χ0n) is 14.9. The van der Waals surface area contributed by atoms with Crippen LogP contribution < -0.4 is 10.1 Å². The molecule has 1 aromatic carbocycles. The highest BCUT2D eigenvalue weighted by molar-refractivity contribution is 5.96. The number of aliphatic carboxylic acids is 1. The van der Waals surface area contributed by atoms with Gasteiger partial charge in [-0.1, -0.05) is 11.1 Å². The lowest BCUT2D eigenvalue weighted by Gasteiger charge is -2.26. The molecular weight excluding hydrogens is 318 g/mol. The van der Waals surface area contributed by atoms with Crippen molar-refractivity contribution >= 4 is 17.6 Å². The van der Waals surface area contributed by atoms with Crippen molar-refractivity contribution in [3.05, 3.63) is 35.4 Å². The Kier molecular flexibility index (Phi) is 4.84. The number of rotatable bonds is 5. The Morgan fingerprint density at radius 2 is 1.72 bits per heavy atom. The fourth-order valence-corrected chi connectivity index (χ4v) is 4.63. The molecule has 0 unspecified atom stereocenters. The molecule has 0 aromatic heterocycles. The first-order chi connectivity index (χ1) is 11.9. The van der Waals surface area contributed by atoms with Gasteiger partial charge in [-0.3, -0.25) is 9.59 Å². The molecule has 5 nitrogen and oxygen atoms in total.